The molecule has 0 radical (unpaired) electrons. The van der Waals surface area contributed by atoms with Gasteiger partial charge in [0.25, 0.3) is 0 Å². The lowest BCUT2D eigenvalue weighted by atomic mass is 9.49. The van der Waals surface area contributed by atoms with Gasteiger partial charge in [-0.3, -0.25) is 4.79 Å². The Morgan fingerprint density at radius 2 is 1.65 bits per heavy atom. The summed E-state index contributed by atoms with van der Waals surface area (Å²) >= 11 is 1.75. The fraction of sp³-hybridized carbons (Fsp3) is 0.667. The summed E-state index contributed by atoms with van der Waals surface area (Å²) in [5.41, 5.74) is 0.473. The molecule has 1 heterocycles. The lowest BCUT2D eigenvalue weighted by molar-refractivity contribution is -0.00346. The molecule has 0 spiro atoms. The minimum Gasteiger partial charge on any atom is -0.297 e. The maximum Gasteiger partial charge on any atom is 0.160 e. The first-order valence-electron chi connectivity index (χ1n) is 6.83. The smallest absolute Gasteiger partial charge is 0.160 e. The molecule has 4 aliphatic carbocycles. The molecule has 0 amide bonds. The highest BCUT2D eigenvalue weighted by atomic mass is 32.1. The number of rotatable bonds is 2. The zero-order valence-corrected chi connectivity index (χ0v) is 10.8. The number of hydrogen-bond acceptors (Lipinski definition) is 2. The molecule has 0 saturated heterocycles. The van der Waals surface area contributed by atoms with Gasteiger partial charge in [0.2, 0.25) is 0 Å². The molecule has 1 aromatic heterocycles. The van der Waals surface area contributed by atoms with Gasteiger partial charge in [0, 0.05) is 10.3 Å². The molecular weight excluding hydrogens is 228 g/mol. The van der Waals surface area contributed by atoms with Crippen LogP contribution in [0, 0.1) is 17.8 Å². The minimum absolute atomic E-state index is 0.473. The Labute approximate surface area is 106 Å². The van der Waals surface area contributed by atoms with E-state index in [1.165, 1.54) is 43.4 Å². The van der Waals surface area contributed by atoms with E-state index in [0.717, 1.165) is 28.9 Å². The molecule has 4 bridgehead atoms. The van der Waals surface area contributed by atoms with Crippen molar-refractivity contribution < 1.29 is 4.79 Å². The van der Waals surface area contributed by atoms with Crippen LogP contribution in [0.3, 0.4) is 0 Å². The molecule has 0 unspecified atom stereocenters. The van der Waals surface area contributed by atoms with Crippen LogP contribution in [0.4, 0.5) is 0 Å². The minimum atomic E-state index is 0.473. The molecule has 90 valence electrons. The zero-order chi connectivity index (χ0) is 11.5. The normalized spacial score (nSPS) is 42.9. The van der Waals surface area contributed by atoms with Gasteiger partial charge >= 0.3 is 0 Å². The summed E-state index contributed by atoms with van der Waals surface area (Å²) < 4.78 is 0. The van der Waals surface area contributed by atoms with Crippen LogP contribution in [0.2, 0.25) is 0 Å². The molecule has 1 aromatic rings. The van der Waals surface area contributed by atoms with Gasteiger partial charge in [-0.15, -0.1) is 11.3 Å². The first kappa shape index (κ1) is 10.3. The van der Waals surface area contributed by atoms with Gasteiger partial charge in [-0.25, -0.2) is 0 Å². The second kappa shape index (κ2) is 3.44. The third-order valence-corrected chi connectivity index (χ3v) is 6.56. The van der Waals surface area contributed by atoms with Crippen molar-refractivity contribution in [2.45, 2.75) is 43.9 Å². The molecule has 0 aromatic carbocycles. The van der Waals surface area contributed by atoms with Crippen molar-refractivity contribution in [1.29, 1.82) is 0 Å². The van der Waals surface area contributed by atoms with Crippen molar-refractivity contribution >= 4 is 17.6 Å². The van der Waals surface area contributed by atoms with E-state index < -0.39 is 0 Å². The Hall–Kier alpha value is -0.630. The van der Waals surface area contributed by atoms with Gasteiger partial charge in [0.15, 0.2) is 6.29 Å². The molecule has 0 aliphatic heterocycles. The second-order valence-corrected chi connectivity index (χ2v) is 7.63. The van der Waals surface area contributed by atoms with Crippen molar-refractivity contribution in [3.63, 3.8) is 0 Å². The van der Waals surface area contributed by atoms with E-state index in [0.29, 0.717) is 5.41 Å². The van der Waals surface area contributed by atoms with Gasteiger partial charge in [-0.05, 0) is 68.4 Å². The van der Waals surface area contributed by atoms with Crippen molar-refractivity contribution in [3.05, 3.63) is 21.9 Å². The highest BCUT2D eigenvalue weighted by molar-refractivity contribution is 7.13. The average molecular weight is 246 g/mol. The highest BCUT2D eigenvalue weighted by Gasteiger charge is 2.52. The van der Waals surface area contributed by atoms with Gasteiger partial charge in [-0.2, -0.15) is 0 Å². The van der Waals surface area contributed by atoms with E-state index in [1.54, 1.807) is 11.3 Å². The van der Waals surface area contributed by atoms with E-state index in [4.69, 9.17) is 0 Å². The van der Waals surface area contributed by atoms with E-state index in [1.807, 2.05) is 6.07 Å². The van der Waals surface area contributed by atoms with Crippen LogP contribution < -0.4 is 0 Å². The summed E-state index contributed by atoms with van der Waals surface area (Å²) in [5.74, 6) is 2.97. The van der Waals surface area contributed by atoms with E-state index in [9.17, 15) is 4.79 Å². The van der Waals surface area contributed by atoms with Crippen LogP contribution in [-0.2, 0) is 5.41 Å². The molecule has 0 N–H and O–H groups in total. The van der Waals surface area contributed by atoms with E-state index in [-0.39, 0.29) is 0 Å². The first-order valence-corrected chi connectivity index (χ1v) is 7.64. The van der Waals surface area contributed by atoms with Crippen LogP contribution in [0.5, 0.6) is 0 Å². The summed E-state index contributed by atoms with van der Waals surface area (Å²) in [7, 11) is 0. The number of carbonyl (C=O) groups excluding carboxylic acids is 1. The molecule has 4 fully saturated rings. The summed E-state index contributed by atoms with van der Waals surface area (Å²) in [4.78, 5) is 13.3. The fourth-order valence-corrected chi connectivity index (χ4v) is 6.15. The summed E-state index contributed by atoms with van der Waals surface area (Å²) in [6, 6.07) is 4.26. The predicted octanol–water partition coefficient (Wildman–Crippen LogP) is 4.03. The maximum absolute atomic E-state index is 10.9. The predicted molar refractivity (Wildman–Crippen MR) is 69.6 cm³/mol. The van der Waals surface area contributed by atoms with Crippen molar-refractivity contribution in [1.82, 2.24) is 0 Å². The van der Waals surface area contributed by atoms with Crippen LogP contribution in [0.1, 0.15) is 53.1 Å². The number of thiophene rings is 1. The Kier molecular flexibility index (Phi) is 2.09. The van der Waals surface area contributed by atoms with Crippen LogP contribution in [0.25, 0.3) is 0 Å². The van der Waals surface area contributed by atoms with Crippen molar-refractivity contribution in [3.8, 4) is 0 Å². The van der Waals surface area contributed by atoms with Gasteiger partial charge in [0.05, 0.1) is 4.88 Å². The summed E-state index contributed by atoms with van der Waals surface area (Å²) in [5, 5.41) is 0. The number of aldehydes is 1. The van der Waals surface area contributed by atoms with E-state index >= 15 is 0 Å². The maximum atomic E-state index is 10.9. The van der Waals surface area contributed by atoms with Crippen molar-refractivity contribution in [2.24, 2.45) is 17.8 Å². The molecule has 5 rings (SSSR count). The monoisotopic (exact) mass is 246 g/mol. The topological polar surface area (TPSA) is 17.1 Å². The highest BCUT2D eigenvalue weighted by Crippen LogP contribution is 2.61. The summed E-state index contributed by atoms with van der Waals surface area (Å²) in [6.07, 6.45) is 9.68. The Bertz CT molecular complexity index is 424. The van der Waals surface area contributed by atoms with Gasteiger partial charge in [0.1, 0.15) is 0 Å². The van der Waals surface area contributed by atoms with Gasteiger partial charge < -0.3 is 0 Å². The molecule has 1 nitrogen and oxygen atoms in total. The molecule has 17 heavy (non-hydrogen) atoms. The van der Waals surface area contributed by atoms with Gasteiger partial charge in [-0.1, -0.05) is 0 Å². The van der Waals surface area contributed by atoms with Crippen molar-refractivity contribution in [2.75, 3.05) is 0 Å². The zero-order valence-electron chi connectivity index (χ0n) is 10.0. The molecule has 4 saturated carbocycles. The third-order valence-electron chi connectivity index (χ3n) is 5.30. The van der Waals surface area contributed by atoms with Crippen LogP contribution >= 0.6 is 11.3 Å². The largest absolute Gasteiger partial charge is 0.297 e. The molecule has 4 aliphatic rings. The standard InChI is InChI=1S/C15H18OS/c16-9-13-1-2-14(17-13)15-6-10-3-11(7-15)5-12(4-10)8-15/h1-2,9-12H,3-8H2. The molecule has 0 atom stereocenters. The lowest BCUT2D eigenvalue weighted by Gasteiger charge is -2.56. The number of carbonyl (C=O) groups is 1. The van der Waals surface area contributed by atoms with Crippen LogP contribution in [-0.4, -0.2) is 6.29 Å². The fourth-order valence-electron chi connectivity index (χ4n) is 5.11. The summed E-state index contributed by atoms with van der Waals surface area (Å²) in [6.45, 7) is 0. The lowest BCUT2D eigenvalue weighted by Crippen LogP contribution is -2.48. The average Bonchev–Trinajstić information content (AvgIpc) is 2.76. The quantitative estimate of drug-likeness (QED) is 0.720. The Morgan fingerprint density at radius 1 is 1.06 bits per heavy atom. The SMILES string of the molecule is O=Cc1ccc(C23CC4CC(CC(C4)C2)C3)s1. The first-order chi connectivity index (χ1) is 8.27. The Balaban J connectivity index is 1.74. The van der Waals surface area contributed by atoms with E-state index in [2.05, 4.69) is 6.07 Å². The number of hydrogen-bond donors (Lipinski definition) is 0. The third kappa shape index (κ3) is 1.46. The van der Waals surface area contributed by atoms with Crippen LogP contribution in [0.15, 0.2) is 12.1 Å². The molecular formula is C15H18OS. The second-order valence-electron chi connectivity index (χ2n) is 6.52. The Morgan fingerprint density at radius 3 is 2.12 bits per heavy atom. The molecule has 2 heteroatoms.